The summed E-state index contributed by atoms with van der Waals surface area (Å²) in [5.41, 5.74) is 6.74. The van der Waals surface area contributed by atoms with E-state index >= 15 is 0 Å². The zero-order chi connectivity index (χ0) is 14.3. The zero-order valence-corrected chi connectivity index (χ0v) is 12.6. The van der Waals surface area contributed by atoms with Gasteiger partial charge >= 0.3 is 0 Å². The van der Waals surface area contributed by atoms with Crippen LogP contribution in [0.25, 0.3) is 10.2 Å². The van der Waals surface area contributed by atoms with Gasteiger partial charge in [0.05, 0.1) is 5.69 Å². The molecule has 106 valence electrons. The minimum Gasteiger partial charge on any atom is -0.397 e. The van der Waals surface area contributed by atoms with Crippen LogP contribution in [-0.2, 0) is 0 Å². The summed E-state index contributed by atoms with van der Waals surface area (Å²) in [6, 6.07) is 4.34. The number of carbonyl (C=O) groups is 1. The van der Waals surface area contributed by atoms with Crippen molar-refractivity contribution in [1.82, 2.24) is 9.88 Å². The summed E-state index contributed by atoms with van der Waals surface area (Å²) in [5, 5.41) is 0.887. The molecule has 0 spiro atoms. The first kappa shape index (κ1) is 13.4. The Bertz CT molecular complexity index is 642. The van der Waals surface area contributed by atoms with Crippen LogP contribution in [0.2, 0.25) is 0 Å². The van der Waals surface area contributed by atoms with Gasteiger partial charge in [0, 0.05) is 23.7 Å². The summed E-state index contributed by atoms with van der Waals surface area (Å²) in [6.45, 7) is 4.24. The molecule has 0 aliphatic carbocycles. The fourth-order valence-corrected chi connectivity index (χ4v) is 4.06. The number of rotatable bonds is 1. The maximum atomic E-state index is 12.8. The maximum absolute atomic E-state index is 12.8. The molecule has 0 radical (unpaired) electrons. The van der Waals surface area contributed by atoms with Crippen molar-refractivity contribution in [1.29, 1.82) is 0 Å². The van der Waals surface area contributed by atoms with E-state index in [0.717, 1.165) is 23.1 Å². The van der Waals surface area contributed by atoms with Crippen LogP contribution >= 0.6 is 11.3 Å². The topological polar surface area (TPSA) is 59.2 Å². The fraction of sp³-hybridized carbons (Fsp3) is 0.467. The number of nitrogen functional groups attached to an aromatic ring is 1. The van der Waals surface area contributed by atoms with Crippen LogP contribution in [0, 0.1) is 0 Å². The number of amides is 1. The Morgan fingerprint density at radius 1 is 1.40 bits per heavy atom. The van der Waals surface area contributed by atoms with Gasteiger partial charge in [0.15, 0.2) is 0 Å². The van der Waals surface area contributed by atoms with Crippen molar-refractivity contribution >= 4 is 33.1 Å². The lowest BCUT2D eigenvalue weighted by Gasteiger charge is -2.38. The molecule has 1 saturated heterocycles. The van der Waals surface area contributed by atoms with Gasteiger partial charge in [0.2, 0.25) is 0 Å². The van der Waals surface area contributed by atoms with Crippen LogP contribution in [0.1, 0.15) is 42.8 Å². The van der Waals surface area contributed by atoms with Crippen LogP contribution in [0.15, 0.2) is 18.3 Å². The van der Waals surface area contributed by atoms with Gasteiger partial charge in [0.1, 0.15) is 9.71 Å². The number of thiophene rings is 1. The number of anilines is 1. The Balaban J connectivity index is 2.01. The predicted octanol–water partition coefficient (Wildman–Crippen LogP) is 3.28. The van der Waals surface area contributed by atoms with Crippen LogP contribution in [-0.4, -0.2) is 27.9 Å². The average molecular weight is 289 g/mol. The van der Waals surface area contributed by atoms with Crippen LogP contribution in [0.4, 0.5) is 5.69 Å². The van der Waals surface area contributed by atoms with Gasteiger partial charge in [-0.2, -0.15) is 0 Å². The molecule has 0 bridgehead atoms. The second-order valence-corrected chi connectivity index (χ2v) is 6.54. The third kappa shape index (κ3) is 2.06. The highest BCUT2D eigenvalue weighted by atomic mass is 32.1. The van der Waals surface area contributed by atoms with Crippen molar-refractivity contribution < 1.29 is 4.79 Å². The molecule has 1 amide bonds. The molecule has 1 aliphatic heterocycles. The SMILES string of the molecule is CC1CCCC(C)N1C(=O)c1sc2ncccc2c1N. The normalized spacial score (nSPS) is 23.2. The van der Waals surface area contributed by atoms with Gasteiger partial charge in [0.25, 0.3) is 5.91 Å². The van der Waals surface area contributed by atoms with Crippen molar-refractivity contribution in [2.24, 2.45) is 0 Å². The number of pyridine rings is 1. The van der Waals surface area contributed by atoms with Gasteiger partial charge in [-0.3, -0.25) is 4.79 Å². The minimum atomic E-state index is 0.0604. The average Bonchev–Trinajstić information content (AvgIpc) is 2.76. The third-order valence-electron chi connectivity index (χ3n) is 4.13. The quantitative estimate of drug-likeness (QED) is 0.876. The summed E-state index contributed by atoms with van der Waals surface area (Å²) in [6.07, 6.45) is 5.06. The standard InChI is InChI=1S/C15H19N3OS/c1-9-5-3-6-10(2)18(9)15(19)13-12(16)11-7-4-8-17-14(11)20-13/h4,7-10H,3,5-6,16H2,1-2H3. The van der Waals surface area contributed by atoms with Crippen molar-refractivity contribution in [3.8, 4) is 0 Å². The van der Waals surface area contributed by atoms with E-state index in [1.54, 1.807) is 6.20 Å². The molecule has 2 N–H and O–H groups in total. The number of piperidine rings is 1. The second kappa shape index (κ2) is 5.05. The van der Waals surface area contributed by atoms with E-state index in [2.05, 4.69) is 18.8 Å². The molecule has 0 saturated carbocycles. The molecule has 1 aliphatic rings. The monoisotopic (exact) mass is 289 g/mol. The smallest absolute Gasteiger partial charge is 0.266 e. The van der Waals surface area contributed by atoms with Crippen molar-refractivity contribution in [3.63, 3.8) is 0 Å². The number of hydrogen-bond donors (Lipinski definition) is 1. The number of carbonyl (C=O) groups excluding carboxylic acids is 1. The molecular weight excluding hydrogens is 270 g/mol. The van der Waals surface area contributed by atoms with Crippen LogP contribution in [0.3, 0.4) is 0 Å². The Labute approximate surface area is 122 Å². The molecule has 3 heterocycles. The molecule has 0 aromatic carbocycles. The number of likely N-dealkylation sites (tertiary alicyclic amines) is 1. The highest BCUT2D eigenvalue weighted by Crippen LogP contribution is 2.35. The lowest BCUT2D eigenvalue weighted by molar-refractivity contribution is 0.0517. The molecule has 1 fully saturated rings. The summed E-state index contributed by atoms with van der Waals surface area (Å²) in [4.78, 5) is 20.6. The van der Waals surface area contributed by atoms with E-state index in [0.29, 0.717) is 10.6 Å². The summed E-state index contributed by atoms with van der Waals surface area (Å²) >= 11 is 1.40. The number of aromatic nitrogens is 1. The third-order valence-corrected chi connectivity index (χ3v) is 5.24. The van der Waals surface area contributed by atoms with E-state index in [1.807, 2.05) is 17.0 Å². The van der Waals surface area contributed by atoms with Crippen molar-refractivity contribution in [2.45, 2.75) is 45.2 Å². The lowest BCUT2D eigenvalue weighted by Crippen LogP contribution is -2.47. The first-order valence-corrected chi connectivity index (χ1v) is 7.87. The molecule has 2 aromatic heterocycles. The fourth-order valence-electron chi connectivity index (χ4n) is 3.05. The van der Waals surface area contributed by atoms with Crippen molar-refractivity contribution in [2.75, 3.05) is 5.73 Å². The summed E-state index contributed by atoms with van der Waals surface area (Å²) < 4.78 is 0. The van der Waals surface area contributed by atoms with Gasteiger partial charge < -0.3 is 10.6 Å². The zero-order valence-electron chi connectivity index (χ0n) is 11.8. The Morgan fingerprint density at radius 3 is 2.75 bits per heavy atom. The van der Waals surface area contributed by atoms with E-state index in [-0.39, 0.29) is 18.0 Å². The lowest BCUT2D eigenvalue weighted by atomic mass is 9.97. The second-order valence-electron chi connectivity index (χ2n) is 5.54. The number of nitrogens with zero attached hydrogens (tertiary/aromatic N) is 2. The molecule has 2 aromatic rings. The van der Waals surface area contributed by atoms with E-state index in [4.69, 9.17) is 5.73 Å². The summed E-state index contributed by atoms with van der Waals surface area (Å²) in [5.74, 6) is 0.0604. The molecule has 5 heteroatoms. The highest BCUT2D eigenvalue weighted by molar-refractivity contribution is 7.21. The number of hydrogen-bond acceptors (Lipinski definition) is 4. The Kier molecular flexibility index (Phi) is 3.38. The molecule has 20 heavy (non-hydrogen) atoms. The first-order valence-electron chi connectivity index (χ1n) is 7.05. The largest absolute Gasteiger partial charge is 0.397 e. The van der Waals surface area contributed by atoms with Gasteiger partial charge in [-0.1, -0.05) is 0 Å². The Morgan fingerprint density at radius 2 is 2.10 bits per heavy atom. The van der Waals surface area contributed by atoms with Gasteiger partial charge in [-0.25, -0.2) is 4.98 Å². The first-order chi connectivity index (χ1) is 9.59. The number of nitrogens with two attached hydrogens (primary N) is 1. The van der Waals surface area contributed by atoms with E-state index in [1.165, 1.54) is 17.8 Å². The van der Waals surface area contributed by atoms with Gasteiger partial charge in [-0.15, -0.1) is 11.3 Å². The maximum Gasteiger partial charge on any atom is 0.266 e. The molecule has 3 rings (SSSR count). The van der Waals surface area contributed by atoms with Crippen LogP contribution < -0.4 is 5.73 Å². The highest BCUT2D eigenvalue weighted by Gasteiger charge is 2.32. The van der Waals surface area contributed by atoms with Crippen LogP contribution in [0.5, 0.6) is 0 Å². The predicted molar refractivity (Wildman–Crippen MR) is 83.0 cm³/mol. The molecule has 4 nitrogen and oxygen atoms in total. The molecule has 2 unspecified atom stereocenters. The minimum absolute atomic E-state index is 0.0604. The summed E-state index contributed by atoms with van der Waals surface area (Å²) in [7, 11) is 0. The van der Waals surface area contributed by atoms with E-state index in [9.17, 15) is 4.79 Å². The van der Waals surface area contributed by atoms with E-state index < -0.39 is 0 Å². The molecular formula is C15H19N3OS. The Hall–Kier alpha value is -1.62. The molecule has 2 atom stereocenters. The van der Waals surface area contributed by atoms with Crippen molar-refractivity contribution in [3.05, 3.63) is 23.2 Å². The van der Waals surface area contributed by atoms with Gasteiger partial charge in [-0.05, 0) is 45.2 Å². The number of fused-ring (bicyclic) bond motifs is 1.